The zero-order chi connectivity index (χ0) is 15.8. The first-order valence-electron chi connectivity index (χ1n) is 8.21. The van der Waals surface area contributed by atoms with Crippen LogP contribution in [0.3, 0.4) is 0 Å². The quantitative estimate of drug-likeness (QED) is 0.869. The molecule has 0 spiro atoms. The molecule has 3 atom stereocenters. The highest BCUT2D eigenvalue weighted by atomic mass is 16.5. The first-order valence-corrected chi connectivity index (χ1v) is 8.21. The number of aryl methyl sites for hydroxylation is 1. The second kappa shape index (κ2) is 5.76. The van der Waals surface area contributed by atoms with E-state index in [9.17, 15) is 4.79 Å². The Bertz CT molecular complexity index is 700. The van der Waals surface area contributed by atoms with E-state index in [-0.39, 0.29) is 17.7 Å². The van der Waals surface area contributed by atoms with E-state index in [0.717, 1.165) is 31.6 Å². The standard InChI is InChI=1S/C17H20N4O2/c1-11-19-16(20-23-11)13-5-3-7-21(10-13)17(22)15-8-14(15)12-4-2-6-18-9-12/h2,4,6,9,13-15H,3,5,7-8,10H2,1H3/t13-,14-,15+/m1/s1. The Morgan fingerprint density at radius 1 is 1.43 bits per heavy atom. The summed E-state index contributed by atoms with van der Waals surface area (Å²) in [6.07, 6.45) is 6.59. The predicted octanol–water partition coefficient (Wildman–Crippen LogP) is 2.28. The van der Waals surface area contributed by atoms with Gasteiger partial charge in [0.25, 0.3) is 0 Å². The van der Waals surface area contributed by atoms with Gasteiger partial charge in [-0.05, 0) is 36.8 Å². The van der Waals surface area contributed by atoms with Crippen LogP contribution < -0.4 is 0 Å². The number of carbonyl (C=O) groups excluding carboxylic acids is 1. The van der Waals surface area contributed by atoms with Gasteiger partial charge in [0.2, 0.25) is 11.8 Å². The van der Waals surface area contributed by atoms with Crippen molar-refractivity contribution in [1.29, 1.82) is 0 Å². The molecule has 1 saturated carbocycles. The first kappa shape index (κ1) is 14.4. The Morgan fingerprint density at radius 3 is 3.09 bits per heavy atom. The molecule has 1 aliphatic heterocycles. The molecule has 0 aromatic carbocycles. The topological polar surface area (TPSA) is 72.1 Å². The van der Waals surface area contributed by atoms with Crippen molar-refractivity contribution in [2.75, 3.05) is 13.1 Å². The molecule has 1 amide bonds. The van der Waals surface area contributed by atoms with Crippen LogP contribution in [0.25, 0.3) is 0 Å². The Balaban J connectivity index is 1.41. The van der Waals surface area contributed by atoms with Crippen molar-refractivity contribution in [3.63, 3.8) is 0 Å². The van der Waals surface area contributed by atoms with E-state index in [1.807, 2.05) is 17.2 Å². The molecule has 23 heavy (non-hydrogen) atoms. The maximum absolute atomic E-state index is 12.8. The van der Waals surface area contributed by atoms with Crippen molar-refractivity contribution in [1.82, 2.24) is 20.0 Å². The van der Waals surface area contributed by atoms with Crippen LogP contribution in [-0.2, 0) is 4.79 Å². The Kier molecular flexibility index (Phi) is 3.59. The summed E-state index contributed by atoms with van der Waals surface area (Å²) in [7, 11) is 0. The van der Waals surface area contributed by atoms with E-state index in [1.165, 1.54) is 5.56 Å². The molecule has 4 rings (SSSR count). The van der Waals surface area contributed by atoms with E-state index in [4.69, 9.17) is 4.52 Å². The van der Waals surface area contributed by atoms with Gasteiger partial charge in [0.05, 0.1) is 0 Å². The molecule has 0 bridgehead atoms. The van der Waals surface area contributed by atoms with Crippen molar-refractivity contribution in [2.45, 2.75) is 38.0 Å². The molecule has 120 valence electrons. The first-order chi connectivity index (χ1) is 11.2. The molecule has 6 heteroatoms. The van der Waals surface area contributed by atoms with Crippen LogP contribution in [0.5, 0.6) is 0 Å². The normalized spacial score (nSPS) is 27.0. The number of hydrogen-bond acceptors (Lipinski definition) is 5. The monoisotopic (exact) mass is 312 g/mol. The fraction of sp³-hybridized carbons (Fsp3) is 0.529. The minimum Gasteiger partial charge on any atom is -0.342 e. The molecule has 0 radical (unpaired) electrons. The Hall–Kier alpha value is -2.24. The van der Waals surface area contributed by atoms with Crippen molar-refractivity contribution in [3.8, 4) is 0 Å². The Labute approximate surface area is 134 Å². The number of amides is 1. The summed E-state index contributed by atoms with van der Waals surface area (Å²) in [5, 5.41) is 4.02. The number of pyridine rings is 1. The van der Waals surface area contributed by atoms with Gasteiger partial charge in [-0.15, -0.1) is 0 Å². The smallest absolute Gasteiger partial charge is 0.226 e. The maximum atomic E-state index is 12.8. The molecular weight excluding hydrogens is 292 g/mol. The summed E-state index contributed by atoms with van der Waals surface area (Å²) < 4.78 is 5.08. The molecule has 2 fully saturated rings. The van der Waals surface area contributed by atoms with Crippen molar-refractivity contribution >= 4 is 5.91 Å². The SMILES string of the molecule is Cc1nc([C@@H]2CCCN(C(=O)[C@H]3C[C@@H]3c3cccnc3)C2)no1. The second-order valence-electron chi connectivity index (χ2n) is 6.53. The number of piperidine rings is 1. The molecular formula is C17H20N4O2. The number of carbonyl (C=O) groups is 1. The highest BCUT2D eigenvalue weighted by Crippen LogP contribution is 2.48. The summed E-state index contributed by atoms with van der Waals surface area (Å²) >= 11 is 0. The summed E-state index contributed by atoms with van der Waals surface area (Å²) in [6.45, 7) is 3.33. The molecule has 0 N–H and O–H groups in total. The second-order valence-corrected chi connectivity index (χ2v) is 6.53. The lowest BCUT2D eigenvalue weighted by molar-refractivity contribution is -0.133. The van der Waals surface area contributed by atoms with Gasteiger partial charge in [-0.3, -0.25) is 9.78 Å². The summed E-state index contributed by atoms with van der Waals surface area (Å²) in [4.78, 5) is 23.2. The third kappa shape index (κ3) is 2.85. The number of likely N-dealkylation sites (tertiary alicyclic amines) is 1. The Morgan fingerprint density at radius 2 is 2.35 bits per heavy atom. The summed E-state index contributed by atoms with van der Waals surface area (Å²) in [5.74, 6) is 2.24. The van der Waals surface area contributed by atoms with Gasteiger partial charge in [-0.2, -0.15) is 4.98 Å². The molecule has 6 nitrogen and oxygen atoms in total. The molecule has 3 heterocycles. The molecule has 1 saturated heterocycles. The van der Waals surface area contributed by atoms with Crippen molar-refractivity contribution in [3.05, 3.63) is 41.8 Å². The van der Waals surface area contributed by atoms with Gasteiger partial charge in [-0.1, -0.05) is 11.2 Å². The van der Waals surface area contributed by atoms with Crippen LogP contribution in [0.4, 0.5) is 0 Å². The molecule has 2 aromatic rings. The van der Waals surface area contributed by atoms with Gasteiger partial charge in [-0.25, -0.2) is 0 Å². The third-order valence-electron chi connectivity index (χ3n) is 4.86. The van der Waals surface area contributed by atoms with Gasteiger partial charge in [0, 0.05) is 44.2 Å². The third-order valence-corrected chi connectivity index (χ3v) is 4.86. The number of hydrogen-bond donors (Lipinski definition) is 0. The number of rotatable bonds is 3. The van der Waals surface area contributed by atoms with Crippen molar-refractivity contribution in [2.24, 2.45) is 5.92 Å². The molecule has 2 aliphatic rings. The van der Waals surface area contributed by atoms with Crippen LogP contribution in [0.15, 0.2) is 29.0 Å². The number of nitrogens with zero attached hydrogens (tertiary/aromatic N) is 4. The van der Waals surface area contributed by atoms with Crippen LogP contribution in [0.1, 0.15) is 48.4 Å². The lowest BCUT2D eigenvalue weighted by Gasteiger charge is -2.31. The fourth-order valence-corrected chi connectivity index (χ4v) is 3.53. The van der Waals surface area contributed by atoms with Gasteiger partial charge < -0.3 is 9.42 Å². The summed E-state index contributed by atoms with van der Waals surface area (Å²) in [6, 6.07) is 4.00. The molecule has 0 unspecified atom stereocenters. The minimum atomic E-state index is 0.116. The fourth-order valence-electron chi connectivity index (χ4n) is 3.53. The number of aromatic nitrogens is 3. The highest BCUT2D eigenvalue weighted by Gasteiger charge is 2.46. The van der Waals surface area contributed by atoms with Gasteiger partial charge in [0.1, 0.15) is 0 Å². The average molecular weight is 312 g/mol. The maximum Gasteiger partial charge on any atom is 0.226 e. The van der Waals surface area contributed by atoms with Crippen LogP contribution in [-0.4, -0.2) is 39.0 Å². The largest absolute Gasteiger partial charge is 0.342 e. The lowest BCUT2D eigenvalue weighted by atomic mass is 9.97. The minimum absolute atomic E-state index is 0.116. The van der Waals surface area contributed by atoms with Crippen molar-refractivity contribution < 1.29 is 9.32 Å². The predicted molar refractivity (Wildman–Crippen MR) is 82.7 cm³/mol. The van der Waals surface area contributed by atoms with Gasteiger partial charge in [0.15, 0.2) is 5.82 Å². The van der Waals surface area contributed by atoms with Gasteiger partial charge >= 0.3 is 0 Å². The van der Waals surface area contributed by atoms with E-state index < -0.39 is 0 Å². The highest BCUT2D eigenvalue weighted by molar-refractivity contribution is 5.83. The van der Waals surface area contributed by atoms with Crippen LogP contribution >= 0.6 is 0 Å². The molecule has 2 aromatic heterocycles. The van der Waals surface area contributed by atoms with E-state index in [2.05, 4.69) is 21.2 Å². The summed E-state index contributed by atoms with van der Waals surface area (Å²) in [5.41, 5.74) is 1.17. The average Bonchev–Trinajstić information content (AvgIpc) is 3.29. The van der Waals surface area contributed by atoms with E-state index >= 15 is 0 Å². The molecule has 1 aliphatic carbocycles. The lowest BCUT2D eigenvalue weighted by Crippen LogP contribution is -2.40. The van der Waals surface area contributed by atoms with Crippen LogP contribution in [0.2, 0.25) is 0 Å². The van der Waals surface area contributed by atoms with E-state index in [0.29, 0.717) is 18.4 Å². The van der Waals surface area contributed by atoms with Crippen LogP contribution in [0, 0.1) is 12.8 Å². The zero-order valence-corrected chi connectivity index (χ0v) is 13.2. The van der Waals surface area contributed by atoms with E-state index in [1.54, 1.807) is 13.1 Å². The zero-order valence-electron chi connectivity index (χ0n) is 13.2.